The molecule has 1 fully saturated rings. The van der Waals surface area contributed by atoms with Crippen LogP contribution >= 0.6 is 11.3 Å². The third-order valence-electron chi connectivity index (χ3n) is 3.28. The molecule has 0 bridgehead atoms. The van der Waals surface area contributed by atoms with Crippen LogP contribution in [0, 0.1) is 5.92 Å². The highest BCUT2D eigenvalue weighted by molar-refractivity contribution is 7.12. The van der Waals surface area contributed by atoms with Gasteiger partial charge in [0.05, 0.1) is 12.0 Å². The molecular weight excluding hydrogens is 236 g/mol. The lowest BCUT2D eigenvalue weighted by Crippen LogP contribution is -2.32. The predicted octanol–water partition coefficient (Wildman–Crippen LogP) is 1.57. The van der Waals surface area contributed by atoms with E-state index in [4.69, 9.17) is 10.5 Å². The normalized spacial score (nSPS) is 21.6. The third-order valence-corrected chi connectivity index (χ3v) is 4.17. The summed E-state index contributed by atoms with van der Waals surface area (Å²) in [6.45, 7) is 3.59. The van der Waals surface area contributed by atoms with Gasteiger partial charge in [0.1, 0.15) is 5.75 Å². The second-order valence-corrected chi connectivity index (χ2v) is 5.42. The van der Waals surface area contributed by atoms with Crippen molar-refractivity contribution in [1.29, 1.82) is 0 Å². The second kappa shape index (κ2) is 5.06. The molecule has 0 aliphatic carbocycles. The minimum atomic E-state index is 0.0986. The van der Waals surface area contributed by atoms with Gasteiger partial charge in [-0.1, -0.05) is 0 Å². The second-order valence-electron chi connectivity index (χ2n) is 4.51. The van der Waals surface area contributed by atoms with Gasteiger partial charge in [-0.2, -0.15) is 0 Å². The monoisotopic (exact) mass is 254 g/mol. The molecule has 0 aromatic carbocycles. The van der Waals surface area contributed by atoms with E-state index >= 15 is 0 Å². The minimum absolute atomic E-state index is 0.0986. The van der Waals surface area contributed by atoms with Crippen LogP contribution in [0.2, 0.25) is 0 Å². The maximum absolute atomic E-state index is 12.2. The van der Waals surface area contributed by atoms with Gasteiger partial charge in [0.25, 0.3) is 5.91 Å². The first kappa shape index (κ1) is 12.4. The van der Waals surface area contributed by atoms with Crippen LogP contribution in [-0.2, 0) is 0 Å². The average Bonchev–Trinajstić information content (AvgIpc) is 2.97. The van der Waals surface area contributed by atoms with Gasteiger partial charge in [0.15, 0.2) is 0 Å². The Kier molecular flexibility index (Phi) is 3.69. The highest BCUT2D eigenvalue weighted by Gasteiger charge is 2.29. The van der Waals surface area contributed by atoms with E-state index < -0.39 is 0 Å². The molecule has 2 atom stereocenters. The number of ether oxygens (including phenoxy) is 1. The summed E-state index contributed by atoms with van der Waals surface area (Å²) < 4.78 is 5.09. The van der Waals surface area contributed by atoms with E-state index in [0.29, 0.717) is 5.92 Å². The summed E-state index contributed by atoms with van der Waals surface area (Å²) in [7, 11) is 1.61. The number of rotatable bonds is 3. The molecule has 94 valence electrons. The van der Waals surface area contributed by atoms with Crippen LogP contribution in [0.3, 0.4) is 0 Å². The molecule has 5 heteroatoms. The molecule has 1 aliphatic heterocycles. The van der Waals surface area contributed by atoms with Crippen LogP contribution in [0.25, 0.3) is 0 Å². The van der Waals surface area contributed by atoms with Crippen molar-refractivity contribution in [2.24, 2.45) is 11.7 Å². The molecule has 17 heavy (non-hydrogen) atoms. The topological polar surface area (TPSA) is 55.6 Å². The Morgan fingerprint density at radius 2 is 2.47 bits per heavy atom. The van der Waals surface area contributed by atoms with Crippen molar-refractivity contribution in [3.05, 3.63) is 16.3 Å². The lowest BCUT2D eigenvalue weighted by atomic mass is 10.0. The Morgan fingerprint density at radius 3 is 3.00 bits per heavy atom. The minimum Gasteiger partial charge on any atom is -0.496 e. The lowest BCUT2D eigenvalue weighted by Gasteiger charge is -2.17. The number of nitrogens with zero attached hydrogens (tertiary/aromatic N) is 1. The Labute approximate surface area is 105 Å². The van der Waals surface area contributed by atoms with Crippen LogP contribution in [0.4, 0.5) is 0 Å². The van der Waals surface area contributed by atoms with Crippen molar-refractivity contribution < 1.29 is 9.53 Å². The van der Waals surface area contributed by atoms with E-state index in [1.165, 1.54) is 11.3 Å². The number of carbonyl (C=O) groups excluding carboxylic acids is 1. The van der Waals surface area contributed by atoms with Crippen molar-refractivity contribution in [2.45, 2.75) is 19.4 Å². The van der Waals surface area contributed by atoms with Crippen LogP contribution in [0.1, 0.15) is 23.0 Å². The molecule has 2 N–H and O–H groups in total. The summed E-state index contributed by atoms with van der Waals surface area (Å²) >= 11 is 1.43. The molecule has 2 heterocycles. The maximum atomic E-state index is 12.2. The molecule has 2 rings (SSSR count). The van der Waals surface area contributed by atoms with Crippen molar-refractivity contribution in [1.82, 2.24) is 4.90 Å². The fourth-order valence-corrected chi connectivity index (χ4v) is 2.92. The van der Waals surface area contributed by atoms with E-state index in [1.54, 1.807) is 13.2 Å². The predicted molar refractivity (Wildman–Crippen MR) is 68.5 cm³/mol. The zero-order valence-corrected chi connectivity index (χ0v) is 11.0. The fourth-order valence-electron chi connectivity index (χ4n) is 2.09. The van der Waals surface area contributed by atoms with E-state index in [0.717, 1.165) is 30.1 Å². The standard InChI is InChI=1S/C12H18N2O2S/c1-8(13)9-3-4-14(6-9)12(15)11-5-10(16-2)7-17-11/h5,7-9H,3-4,6,13H2,1-2H3. The summed E-state index contributed by atoms with van der Waals surface area (Å²) in [4.78, 5) is 14.8. The molecule has 1 aromatic rings. The number of amides is 1. The Hall–Kier alpha value is -1.07. The van der Waals surface area contributed by atoms with E-state index in [9.17, 15) is 4.79 Å². The fraction of sp³-hybridized carbons (Fsp3) is 0.583. The highest BCUT2D eigenvalue weighted by atomic mass is 32.1. The zero-order valence-electron chi connectivity index (χ0n) is 10.2. The molecule has 0 saturated carbocycles. The number of carbonyl (C=O) groups is 1. The molecule has 1 saturated heterocycles. The van der Waals surface area contributed by atoms with Gasteiger partial charge in [0.2, 0.25) is 0 Å². The van der Waals surface area contributed by atoms with Crippen molar-refractivity contribution in [2.75, 3.05) is 20.2 Å². The van der Waals surface area contributed by atoms with Gasteiger partial charge < -0.3 is 15.4 Å². The Morgan fingerprint density at radius 1 is 1.71 bits per heavy atom. The molecule has 1 aliphatic rings. The number of hydrogen-bond donors (Lipinski definition) is 1. The Balaban J connectivity index is 2.01. The Bertz CT molecular complexity index is 403. The van der Waals surface area contributed by atoms with Crippen molar-refractivity contribution in [3.8, 4) is 5.75 Å². The van der Waals surface area contributed by atoms with E-state index in [-0.39, 0.29) is 11.9 Å². The first-order valence-corrected chi connectivity index (χ1v) is 6.67. The quantitative estimate of drug-likeness (QED) is 0.890. The number of likely N-dealkylation sites (tertiary alicyclic amines) is 1. The average molecular weight is 254 g/mol. The number of methoxy groups -OCH3 is 1. The van der Waals surface area contributed by atoms with Crippen LogP contribution in [-0.4, -0.2) is 37.0 Å². The summed E-state index contributed by atoms with van der Waals surface area (Å²) in [5.41, 5.74) is 5.87. The van der Waals surface area contributed by atoms with Gasteiger partial charge >= 0.3 is 0 Å². The highest BCUT2D eigenvalue weighted by Crippen LogP contribution is 2.26. The van der Waals surface area contributed by atoms with Crippen molar-refractivity contribution in [3.63, 3.8) is 0 Å². The smallest absolute Gasteiger partial charge is 0.264 e. The summed E-state index contributed by atoms with van der Waals surface area (Å²) in [5, 5.41) is 1.85. The number of hydrogen-bond acceptors (Lipinski definition) is 4. The summed E-state index contributed by atoms with van der Waals surface area (Å²) in [5.74, 6) is 1.28. The molecule has 2 unspecified atom stereocenters. The van der Waals surface area contributed by atoms with Gasteiger partial charge in [-0.15, -0.1) is 11.3 Å². The van der Waals surface area contributed by atoms with Gasteiger partial charge in [-0.3, -0.25) is 4.79 Å². The number of nitrogens with two attached hydrogens (primary N) is 1. The molecule has 1 amide bonds. The van der Waals surface area contributed by atoms with Crippen molar-refractivity contribution >= 4 is 17.2 Å². The van der Waals surface area contributed by atoms with Crippen LogP contribution in [0.5, 0.6) is 5.75 Å². The summed E-state index contributed by atoms with van der Waals surface area (Å²) in [6.07, 6.45) is 1.01. The number of thiophene rings is 1. The molecule has 0 radical (unpaired) electrons. The zero-order chi connectivity index (χ0) is 12.4. The van der Waals surface area contributed by atoms with E-state index in [1.807, 2.05) is 17.2 Å². The van der Waals surface area contributed by atoms with Crippen LogP contribution in [0.15, 0.2) is 11.4 Å². The van der Waals surface area contributed by atoms with Gasteiger partial charge in [-0.25, -0.2) is 0 Å². The van der Waals surface area contributed by atoms with Gasteiger partial charge in [0, 0.05) is 30.6 Å². The first-order valence-electron chi connectivity index (χ1n) is 5.79. The molecule has 4 nitrogen and oxygen atoms in total. The van der Waals surface area contributed by atoms with E-state index in [2.05, 4.69) is 0 Å². The third kappa shape index (κ3) is 2.61. The molecular formula is C12H18N2O2S. The molecule has 1 aromatic heterocycles. The molecule has 0 spiro atoms. The maximum Gasteiger partial charge on any atom is 0.264 e. The SMILES string of the molecule is COc1csc(C(=O)N2CCC(C(C)N)C2)c1. The van der Waals surface area contributed by atoms with Gasteiger partial charge in [-0.05, 0) is 19.3 Å². The first-order chi connectivity index (χ1) is 8.11. The summed E-state index contributed by atoms with van der Waals surface area (Å²) in [6, 6.07) is 1.96. The lowest BCUT2D eigenvalue weighted by molar-refractivity contribution is 0.0790. The van der Waals surface area contributed by atoms with Crippen LogP contribution < -0.4 is 10.5 Å². The largest absolute Gasteiger partial charge is 0.496 e.